The Hall–Kier alpha value is -0.810. The molecule has 2 heterocycles. The zero-order chi connectivity index (χ0) is 17.1. The number of likely N-dealkylation sites (tertiary alicyclic amines) is 2. The van der Waals surface area contributed by atoms with Crippen LogP contribution in [0.2, 0.25) is 0 Å². The van der Waals surface area contributed by atoms with Crippen LogP contribution in [0.15, 0.2) is 0 Å². The van der Waals surface area contributed by atoms with Crippen molar-refractivity contribution in [3.63, 3.8) is 0 Å². The van der Waals surface area contributed by atoms with Crippen LogP contribution >= 0.6 is 0 Å². The standard InChI is InChI=1S/C19H35N3O2/c1-14-6-3-7-15(2)18(14)20-19(24)22-11-5-8-16(22)12-21-10-4-9-17(21)13-23/h14-18,23H,3-13H2,1-2H3,(H,20,24)/t14-,15+,16-,17-,18?/m1/s1. The molecule has 3 rings (SSSR count). The van der Waals surface area contributed by atoms with E-state index in [-0.39, 0.29) is 12.6 Å². The number of carbonyl (C=O) groups is 1. The van der Waals surface area contributed by atoms with Crippen LogP contribution in [0.1, 0.15) is 58.8 Å². The molecular weight excluding hydrogens is 302 g/mol. The number of aliphatic hydroxyl groups excluding tert-OH is 1. The van der Waals surface area contributed by atoms with Crippen molar-refractivity contribution < 1.29 is 9.90 Å². The highest BCUT2D eigenvalue weighted by Gasteiger charge is 2.36. The zero-order valence-corrected chi connectivity index (χ0v) is 15.4. The highest BCUT2D eigenvalue weighted by atomic mass is 16.3. The minimum atomic E-state index is 0.142. The molecule has 2 aliphatic heterocycles. The fourth-order valence-electron chi connectivity index (χ4n) is 5.10. The summed E-state index contributed by atoms with van der Waals surface area (Å²) in [5, 5.41) is 12.9. The molecule has 5 nitrogen and oxygen atoms in total. The first-order chi connectivity index (χ1) is 11.6. The molecule has 2 N–H and O–H groups in total. The first kappa shape index (κ1) is 18.0. The molecule has 138 valence electrons. The second kappa shape index (κ2) is 8.05. The van der Waals surface area contributed by atoms with E-state index in [1.807, 2.05) is 0 Å². The van der Waals surface area contributed by atoms with Crippen molar-refractivity contribution in [2.75, 3.05) is 26.2 Å². The Balaban J connectivity index is 1.57. The predicted octanol–water partition coefficient (Wildman–Crippen LogP) is 2.44. The van der Waals surface area contributed by atoms with Crippen molar-refractivity contribution in [2.45, 2.75) is 76.9 Å². The van der Waals surface area contributed by atoms with Gasteiger partial charge in [-0.2, -0.15) is 0 Å². The van der Waals surface area contributed by atoms with Crippen LogP contribution in [-0.2, 0) is 0 Å². The second-order valence-electron chi connectivity index (χ2n) is 8.32. The molecule has 0 bridgehead atoms. The summed E-state index contributed by atoms with van der Waals surface area (Å²) in [6.07, 6.45) is 8.20. The molecule has 0 aromatic heterocycles. The van der Waals surface area contributed by atoms with E-state index in [4.69, 9.17) is 0 Å². The third-order valence-electron chi connectivity index (χ3n) is 6.63. The van der Waals surface area contributed by atoms with Gasteiger partial charge in [-0.25, -0.2) is 4.79 Å². The van der Waals surface area contributed by atoms with Crippen LogP contribution < -0.4 is 5.32 Å². The molecule has 5 heteroatoms. The summed E-state index contributed by atoms with van der Waals surface area (Å²) in [7, 11) is 0. The number of hydrogen-bond acceptors (Lipinski definition) is 3. The molecule has 0 spiro atoms. The van der Waals surface area contributed by atoms with Crippen molar-refractivity contribution >= 4 is 6.03 Å². The van der Waals surface area contributed by atoms with Crippen molar-refractivity contribution in [1.29, 1.82) is 0 Å². The van der Waals surface area contributed by atoms with E-state index in [2.05, 4.69) is 29.0 Å². The molecule has 3 fully saturated rings. The second-order valence-corrected chi connectivity index (χ2v) is 8.32. The number of rotatable bonds is 4. The van der Waals surface area contributed by atoms with Crippen LogP contribution in [-0.4, -0.2) is 65.3 Å². The molecule has 2 amide bonds. The lowest BCUT2D eigenvalue weighted by atomic mass is 9.79. The number of urea groups is 1. The molecule has 1 saturated carbocycles. The van der Waals surface area contributed by atoms with Gasteiger partial charge in [0, 0.05) is 31.2 Å². The average Bonchev–Trinajstić information content (AvgIpc) is 3.20. The van der Waals surface area contributed by atoms with Crippen molar-refractivity contribution in [2.24, 2.45) is 11.8 Å². The van der Waals surface area contributed by atoms with Gasteiger partial charge < -0.3 is 15.3 Å². The zero-order valence-electron chi connectivity index (χ0n) is 15.4. The molecule has 5 atom stereocenters. The molecule has 1 unspecified atom stereocenters. The maximum Gasteiger partial charge on any atom is 0.317 e. The van der Waals surface area contributed by atoms with E-state index in [9.17, 15) is 9.90 Å². The van der Waals surface area contributed by atoms with Gasteiger partial charge in [0.1, 0.15) is 0 Å². The Kier molecular flexibility index (Phi) is 6.03. The van der Waals surface area contributed by atoms with Crippen LogP contribution in [0, 0.1) is 11.8 Å². The van der Waals surface area contributed by atoms with Gasteiger partial charge in [-0.1, -0.05) is 20.3 Å². The van der Waals surface area contributed by atoms with Crippen LogP contribution in [0.25, 0.3) is 0 Å². The fraction of sp³-hybridized carbons (Fsp3) is 0.947. The van der Waals surface area contributed by atoms with E-state index >= 15 is 0 Å². The molecule has 0 aromatic rings. The Bertz CT molecular complexity index is 421. The summed E-state index contributed by atoms with van der Waals surface area (Å²) < 4.78 is 0. The molecule has 0 aromatic carbocycles. The van der Waals surface area contributed by atoms with E-state index < -0.39 is 0 Å². The van der Waals surface area contributed by atoms with Gasteiger partial charge in [0.05, 0.1) is 6.61 Å². The number of nitrogens with one attached hydrogen (secondary N) is 1. The number of carbonyl (C=O) groups excluding carboxylic acids is 1. The van der Waals surface area contributed by atoms with E-state index in [1.54, 1.807) is 0 Å². The van der Waals surface area contributed by atoms with Gasteiger partial charge >= 0.3 is 6.03 Å². The van der Waals surface area contributed by atoms with E-state index in [1.165, 1.54) is 25.7 Å². The Labute approximate surface area is 146 Å². The topological polar surface area (TPSA) is 55.8 Å². The first-order valence-corrected chi connectivity index (χ1v) is 10.0. The van der Waals surface area contributed by atoms with Crippen molar-refractivity contribution in [3.05, 3.63) is 0 Å². The molecule has 3 aliphatic rings. The van der Waals surface area contributed by atoms with Crippen molar-refractivity contribution in [3.8, 4) is 0 Å². The quantitative estimate of drug-likeness (QED) is 0.828. The Morgan fingerprint density at radius 1 is 1.00 bits per heavy atom. The number of nitrogens with zero attached hydrogens (tertiary/aromatic N) is 2. The molecule has 2 saturated heterocycles. The summed E-state index contributed by atoms with van der Waals surface area (Å²) in [6, 6.07) is 1.08. The Morgan fingerprint density at radius 2 is 1.67 bits per heavy atom. The fourth-order valence-corrected chi connectivity index (χ4v) is 5.10. The normalized spacial score (nSPS) is 37.8. The summed E-state index contributed by atoms with van der Waals surface area (Å²) in [4.78, 5) is 17.3. The largest absolute Gasteiger partial charge is 0.395 e. The summed E-state index contributed by atoms with van der Waals surface area (Å²) in [5.41, 5.74) is 0. The molecule has 1 aliphatic carbocycles. The van der Waals surface area contributed by atoms with Gasteiger partial charge in [0.15, 0.2) is 0 Å². The third kappa shape index (κ3) is 3.88. The van der Waals surface area contributed by atoms with Gasteiger partial charge in [0.2, 0.25) is 0 Å². The smallest absolute Gasteiger partial charge is 0.317 e. The third-order valence-corrected chi connectivity index (χ3v) is 6.63. The summed E-state index contributed by atoms with van der Waals surface area (Å²) in [6.45, 7) is 7.66. The Morgan fingerprint density at radius 3 is 2.38 bits per heavy atom. The maximum absolute atomic E-state index is 12.9. The minimum Gasteiger partial charge on any atom is -0.395 e. The van der Waals surface area contributed by atoms with Gasteiger partial charge in [-0.15, -0.1) is 0 Å². The lowest BCUT2D eigenvalue weighted by Crippen LogP contribution is -2.54. The first-order valence-electron chi connectivity index (χ1n) is 10.0. The number of hydrogen-bond donors (Lipinski definition) is 2. The highest BCUT2D eigenvalue weighted by molar-refractivity contribution is 5.75. The number of amides is 2. The highest BCUT2D eigenvalue weighted by Crippen LogP contribution is 2.30. The van der Waals surface area contributed by atoms with Crippen molar-refractivity contribution in [1.82, 2.24) is 15.1 Å². The van der Waals surface area contributed by atoms with E-state index in [0.29, 0.717) is 30.0 Å². The summed E-state index contributed by atoms with van der Waals surface area (Å²) in [5.74, 6) is 1.16. The average molecular weight is 338 g/mol. The van der Waals surface area contributed by atoms with Gasteiger partial charge in [-0.05, 0) is 56.9 Å². The van der Waals surface area contributed by atoms with Crippen LogP contribution in [0.5, 0.6) is 0 Å². The summed E-state index contributed by atoms with van der Waals surface area (Å²) >= 11 is 0. The van der Waals surface area contributed by atoms with Crippen LogP contribution in [0.3, 0.4) is 0 Å². The molecular formula is C19H35N3O2. The van der Waals surface area contributed by atoms with Crippen LogP contribution in [0.4, 0.5) is 4.79 Å². The minimum absolute atomic E-state index is 0.142. The maximum atomic E-state index is 12.9. The van der Waals surface area contributed by atoms with Gasteiger partial charge in [-0.3, -0.25) is 4.90 Å². The monoisotopic (exact) mass is 337 g/mol. The van der Waals surface area contributed by atoms with E-state index in [0.717, 1.165) is 38.9 Å². The number of aliphatic hydroxyl groups is 1. The predicted molar refractivity (Wildman–Crippen MR) is 95.9 cm³/mol. The molecule has 0 radical (unpaired) electrons. The molecule has 24 heavy (non-hydrogen) atoms. The lowest BCUT2D eigenvalue weighted by molar-refractivity contribution is 0.121. The van der Waals surface area contributed by atoms with Gasteiger partial charge in [0.25, 0.3) is 0 Å². The lowest BCUT2D eigenvalue weighted by Gasteiger charge is -2.37. The SMILES string of the molecule is C[C@@H]1CCC[C@H](C)C1NC(=O)N1CCC[C@@H]1CN1CCC[C@@H]1CO.